The lowest BCUT2D eigenvalue weighted by atomic mass is 9.87. The minimum absolute atomic E-state index is 0.0337. The summed E-state index contributed by atoms with van der Waals surface area (Å²) in [5.74, 6) is 0. The lowest BCUT2D eigenvalue weighted by molar-refractivity contribution is -0.319. The maximum Gasteiger partial charge on any atom is 0.187 e. The normalized spacial score (nSPS) is 34.6. The zero-order chi connectivity index (χ0) is 19.4. The number of aliphatic hydroxyl groups excluding tert-OH is 7. The molecule has 0 radical (unpaired) electrons. The van der Waals surface area contributed by atoms with Gasteiger partial charge in [-0.2, -0.15) is 0 Å². The van der Waals surface area contributed by atoms with E-state index < -0.39 is 62.2 Å². The van der Waals surface area contributed by atoms with Crippen LogP contribution in [0.3, 0.4) is 0 Å². The molecule has 1 fully saturated rings. The number of ether oxygens (including phenoxy) is 2. The van der Waals surface area contributed by atoms with E-state index in [-0.39, 0.29) is 11.8 Å². The molecule has 0 aromatic rings. The molecule has 0 saturated carbocycles. The third-order valence-corrected chi connectivity index (χ3v) is 4.13. The zero-order valence-electron chi connectivity index (χ0n) is 14.9. The molecule has 0 aliphatic carbocycles. The molecule has 25 heavy (non-hydrogen) atoms. The van der Waals surface area contributed by atoms with Gasteiger partial charge in [0, 0.05) is 6.42 Å². The smallest absolute Gasteiger partial charge is 0.187 e. The topological polar surface area (TPSA) is 160 Å². The summed E-state index contributed by atoms with van der Waals surface area (Å²) in [4.78, 5) is 0. The van der Waals surface area contributed by atoms with Crippen molar-refractivity contribution in [2.45, 2.75) is 82.6 Å². The van der Waals surface area contributed by atoms with Gasteiger partial charge in [-0.15, -0.1) is 0 Å². The Balaban J connectivity index is 2.80. The Morgan fingerprint density at radius 3 is 2.08 bits per heavy atom. The first-order valence-corrected chi connectivity index (χ1v) is 8.43. The van der Waals surface area contributed by atoms with Crippen molar-refractivity contribution in [1.29, 1.82) is 0 Å². The first-order valence-electron chi connectivity index (χ1n) is 8.43. The average Bonchev–Trinajstić information content (AvgIpc) is 2.51. The molecule has 1 heterocycles. The summed E-state index contributed by atoms with van der Waals surface area (Å²) in [6, 6.07) is 0. The molecule has 0 aromatic carbocycles. The van der Waals surface area contributed by atoms with Crippen molar-refractivity contribution < 1.29 is 45.2 Å². The molecule has 0 aromatic heterocycles. The van der Waals surface area contributed by atoms with E-state index >= 15 is 0 Å². The minimum atomic E-state index is -1.62. The van der Waals surface area contributed by atoms with Gasteiger partial charge in [-0.25, -0.2) is 0 Å². The van der Waals surface area contributed by atoms with Gasteiger partial charge < -0.3 is 45.2 Å². The highest BCUT2D eigenvalue weighted by Crippen LogP contribution is 2.27. The largest absolute Gasteiger partial charge is 0.394 e. The molecule has 7 N–H and O–H groups in total. The highest BCUT2D eigenvalue weighted by Gasteiger charge is 2.45. The second kappa shape index (κ2) is 9.54. The Hall–Kier alpha value is -0.360. The van der Waals surface area contributed by atoms with Crippen molar-refractivity contribution in [3.05, 3.63) is 0 Å². The van der Waals surface area contributed by atoms with Crippen LogP contribution in [0.4, 0.5) is 0 Å². The van der Waals surface area contributed by atoms with Crippen LogP contribution in [0.25, 0.3) is 0 Å². The van der Waals surface area contributed by atoms with Crippen molar-refractivity contribution in [1.82, 2.24) is 0 Å². The molecule has 150 valence electrons. The van der Waals surface area contributed by atoms with E-state index in [1.54, 1.807) is 0 Å². The van der Waals surface area contributed by atoms with E-state index in [2.05, 4.69) is 0 Å². The molecule has 5 unspecified atom stereocenters. The van der Waals surface area contributed by atoms with Gasteiger partial charge in [0.15, 0.2) is 6.29 Å². The Morgan fingerprint density at radius 2 is 1.60 bits per heavy atom. The van der Waals surface area contributed by atoms with Crippen molar-refractivity contribution in [2.24, 2.45) is 5.41 Å². The van der Waals surface area contributed by atoms with Crippen LogP contribution in [0, 0.1) is 5.41 Å². The predicted octanol–water partition coefficient (Wildman–Crippen LogP) is -2.29. The molecule has 0 spiro atoms. The van der Waals surface area contributed by atoms with Crippen LogP contribution in [0.2, 0.25) is 0 Å². The highest BCUT2D eigenvalue weighted by atomic mass is 16.7. The number of hydrogen-bond donors (Lipinski definition) is 7. The van der Waals surface area contributed by atoms with E-state index in [0.29, 0.717) is 6.42 Å². The van der Waals surface area contributed by atoms with Crippen molar-refractivity contribution in [2.75, 3.05) is 13.2 Å². The quantitative estimate of drug-likeness (QED) is 0.250. The molecular formula is C16H32O9. The summed E-state index contributed by atoms with van der Waals surface area (Å²) < 4.78 is 10.7. The second-order valence-electron chi connectivity index (χ2n) is 7.78. The lowest BCUT2D eigenvalue weighted by Crippen LogP contribution is -2.60. The maximum absolute atomic E-state index is 10.2. The van der Waals surface area contributed by atoms with E-state index in [4.69, 9.17) is 9.47 Å². The fourth-order valence-electron chi connectivity index (χ4n) is 2.83. The third kappa shape index (κ3) is 6.70. The van der Waals surface area contributed by atoms with Crippen LogP contribution in [0.1, 0.15) is 33.6 Å². The Labute approximate surface area is 147 Å². The van der Waals surface area contributed by atoms with E-state index in [9.17, 15) is 35.7 Å². The molecule has 9 heteroatoms. The average molecular weight is 368 g/mol. The van der Waals surface area contributed by atoms with Crippen LogP contribution in [-0.2, 0) is 9.47 Å². The Bertz CT molecular complexity index is 384. The van der Waals surface area contributed by atoms with Crippen LogP contribution in [0.15, 0.2) is 0 Å². The maximum atomic E-state index is 10.2. The van der Waals surface area contributed by atoms with Gasteiger partial charge in [0.25, 0.3) is 0 Å². The van der Waals surface area contributed by atoms with Gasteiger partial charge in [0.2, 0.25) is 0 Å². The molecule has 8 atom stereocenters. The van der Waals surface area contributed by atoms with Gasteiger partial charge in [0.05, 0.1) is 25.4 Å². The van der Waals surface area contributed by atoms with Gasteiger partial charge in [-0.05, 0) is 11.8 Å². The van der Waals surface area contributed by atoms with Crippen LogP contribution in [-0.4, -0.2) is 98.0 Å². The van der Waals surface area contributed by atoms with Gasteiger partial charge in [0.1, 0.15) is 30.5 Å². The number of aliphatic hydroxyl groups is 7. The summed E-state index contributed by atoms with van der Waals surface area (Å²) in [6.07, 6.45) is -10.2. The molecule has 0 amide bonds. The lowest BCUT2D eigenvalue weighted by Gasteiger charge is -2.41. The van der Waals surface area contributed by atoms with E-state index in [1.165, 1.54) is 0 Å². The monoisotopic (exact) mass is 368 g/mol. The van der Waals surface area contributed by atoms with E-state index in [1.807, 2.05) is 20.8 Å². The summed E-state index contributed by atoms with van der Waals surface area (Å²) >= 11 is 0. The molecule has 1 rings (SSSR count). The van der Waals surface area contributed by atoms with Gasteiger partial charge in [-0.1, -0.05) is 20.8 Å². The summed E-state index contributed by atoms with van der Waals surface area (Å²) in [5.41, 5.74) is -0.169. The molecule has 1 aliphatic heterocycles. The van der Waals surface area contributed by atoms with Gasteiger partial charge >= 0.3 is 0 Å². The van der Waals surface area contributed by atoms with E-state index in [0.717, 1.165) is 0 Å². The predicted molar refractivity (Wildman–Crippen MR) is 86.4 cm³/mol. The van der Waals surface area contributed by atoms with Gasteiger partial charge in [-0.3, -0.25) is 0 Å². The molecule has 9 nitrogen and oxygen atoms in total. The van der Waals surface area contributed by atoms with Crippen molar-refractivity contribution >= 4 is 0 Å². The molecular weight excluding hydrogens is 336 g/mol. The van der Waals surface area contributed by atoms with Crippen LogP contribution >= 0.6 is 0 Å². The van der Waals surface area contributed by atoms with Crippen molar-refractivity contribution in [3.63, 3.8) is 0 Å². The fraction of sp³-hybridized carbons (Fsp3) is 1.00. The summed E-state index contributed by atoms with van der Waals surface area (Å²) in [5, 5.41) is 68.0. The number of hydrogen-bond acceptors (Lipinski definition) is 9. The molecule has 1 saturated heterocycles. The minimum Gasteiger partial charge on any atom is -0.394 e. The SMILES string of the molecule is CC(C)(C)CC(O)CC(O[C@@H]1OC(CO)[C@H](O)[C@H](O)C1O)C(O)CO. The second-order valence-corrected chi connectivity index (χ2v) is 7.78. The molecule has 1 aliphatic rings. The number of rotatable bonds is 8. The highest BCUT2D eigenvalue weighted by molar-refractivity contribution is 4.90. The first kappa shape index (κ1) is 22.7. The Morgan fingerprint density at radius 1 is 1.00 bits per heavy atom. The van der Waals surface area contributed by atoms with Crippen molar-refractivity contribution in [3.8, 4) is 0 Å². The third-order valence-electron chi connectivity index (χ3n) is 4.13. The summed E-state index contributed by atoms with van der Waals surface area (Å²) in [6.45, 7) is 4.57. The first-order chi connectivity index (χ1) is 11.5. The van der Waals surface area contributed by atoms with Crippen LogP contribution < -0.4 is 0 Å². The summed E-state index contributed by atoms with van der Waals surface area (Å²) in [7, 11) is 0. The van der Waals surface area contributed by atoms with Crippen LogP contribution in [0.5, 0.6) is 0 Å². The standard InChI is InChI=1S/C16H32O9/c1-16(2,3)5-8(19)4-10(9(20)6-17)24-15-14(23)13(22)12(21)11(7-18)25-15/h8-15,17-23H,4-7H2,1-3H3/t8?,9?,10?,11?,12-,13-,14?,15+/m0/s1. The zero-order valence-corrected chi connectivity index (χ0v) is 14.9. The fourth-order valence-corrected chi connectivity index (χ4v) is 2.83. The molecule has 0 bridgehead atoms. The Kier molecular flexibility index (Phi) is 8.65.